The first-order chi connectivity index (χ1) is 13.3. The van der Waals surface area contributed by atoms with Gasteiger partial charge in [0.15, 0.2) is 5.76 Å². The standard InChI is InChI=1S/C22H22N2O3/c25-22(23-18-14-24-11-9-15(18)10-12-24)21-8-7-20(27-21)17-5-2-1-4-16(17)19-6-3-13-26-19/h1-8,13,15,18H,9-12,14H2,(H,23,25). The summed E-state index contributed by atoms with van der Waals surface area (Å²) in [5, 5.41) is 3.18. The highest BCUT2D eigenvalue weighted by Gasteiger charge is 2.35. The summed E-state index contributed by atoms with van der Waals surface area (Å²) in [6, 6.07) is 15.5. The van der Waals surface area contributed by atoms with Gasteiger partial charge >= 0.3 is 0 Å². The summed E-state index contributed by atoms with van der Waals surface area (Å²) < 4.78 is 11.5. The predicted molar refractivity (Wildman–Crippen MR) is 102 cm³/mol. The average Bonchev–Trinajstić information content (AvgIpc) is 3.41. The van der Waals surface area contributed by atoms with Crippen LogP contribution in [-0.4, -0.2) is 36.5 Å². The maximum Gasteiger partial charge on any atom is 0.287 e. The van der Waals surface area contributed by atoms with E-state index in [4.69, 9.17) is 8.83 Å². The van der Waals surface area contributed by atoms with Crippen molar-refractivity contribution in [3.8, 4) is 22.6 Å². The summed E-state index contributed by atoms with van der Waals surface area (Å²) in [5.74, 6) is 2.26. The largest absolute Gasteiger partial charge is 0.464 e. The lowest BCUT2D eigenvalue weighted by Gasteiger charge is -2.44. The first-order valence-corrected chi connectivity index (χ1v) is 9.54. The van der Waals surface area contributed by atoms with Gasteiger partial charge in [-0.05, 0) is 56.1 Å². The molecule has 2 aromatic heterocycles. The zero-order valence-electron chi connectivity index (χ0n) is 15.1. The van der Waals surface area contributed by atoms with Gasteiger partial charge in [0.25, 0.3) is 5.91 Å². The van der Waals surface area contributed by atoms with Crippen molar-refractivity contribution in [1.29, 1.82) is 0 Å². The van der Waals surface area contributed by atoms with Crippen molar-refractivity contribution in [3.05, 3.63) is 60.6 Å². The van der Waals surface area contributed by atoms with E-state index in [1.807, 2.05) is 42.5 Å². The molecule has 3 fully saturated rings. The molecule has 1 aromatic carbocycles. The molecule has 3 saturated heterocycles. The molecule has 1 unspecified atom stereocenters. The van der Waals surface area contributed by atoms with E-state index in [1.165, 1.54) is 12.8 Å². The van der Waals surface area contributed by atoms with Gasteiger partial charge in [-0.25, -0.2) is 0 Å². The lowest BCUT2D eigenvalue weighted by atomic mass is 9.84. The molecule has 5 heterocycles. The molecule has 0 aliphatic carbocycles. The van der Waals surface area contributed by atoms with Crippen LogP contribution in [0.5, 0.6) is 0 Å². The van der Waals surface area contributed by atoms with E-state index in [1.54, 1.807) is 12.3 Å². The van der Waals surface area contributed by atoms with Crippen molar-refractivity contribution in [2.75, 3.05) is 19.6 Å². The van der Waals surface area contributed by atoms with E-state index >= 15 is 0 Å². The van der Waals surface area contributed by atoms with Gasteiger partial charge in [0.2, 0.25) is 0 Å². The fourth-order valence-electron chi connectivity index (χ4n) is 4.32. The van der Waals surface area contributed by atoms with Crippen LogP contribution in [0.1, 0.15) is 23.4 Å². The van der Waals surface area contributed by atoms with Gasteiger partial charge in [0, 0.05) is 23.7 Å². The Bertz CT molecular complexity index is 936. The smallest absolute Gasteiger partial charge is 0.287 e. The molecule has 3 aliphatic rings. The van der Waals surface area contributed by atoms with Crippen molar-refractivity contribution in [3.63, 3.8) is 0 Å². The number of piperidine rings is 3. The number of hydrogen-bond acceptors (Lipinski definition) is 4. The zero-order chi connectivity index (χ0) is 18.2. The molecule has 2 bridgehead atoms. The highest BCUT2D eigenvalue weighted by molar-refractivity contribution is 5.92. The van der Waals surface area contributed by atoms with E-state index in [0.29, 0.717) is 17.4 Å². The van der Waals surface area contributed by atoms with Crippen LogP contribution < -0.4 is 5.32 Å². The predicted octanol–water partition coefficient (Wildman–Crippen LogP) is 4.03. The van der Waals surface area contributed by atoms with Crippen LogP contribution in [0.3, 0.4) is 0 Å². The first kappa shape index (κ1) is 16.4. The average molecular weight is 362 g/mol. The molecule has 0 spiro atoms. The summed E-state index contributed by atoms with van der Waals surface area (Å²) in [7, 11) is 0. The van der Waals surface area contributed by atoms with Gasteiger partial charge in [-0.3, -0.25) is 4.79 Å². The number of nitrogens with zero attached hydrogens (tertiary/aromatic N) is 1. The number of amides is 1. The van der Waals surface area contributed by atoms with Gasteiger partial charge in [0.05, 0.1) is 6.26 Å². The molecule has 5 heteroatoms. The third kappa shape index (κ3) is 3.08. The molecule has 3 aliphatic heterocycles. The van der Waals surface area contributed by atoms with E-state index in [2.05, 4.69) is 10.2 Å². The van der Waals surface area contributed by atoms with Crippen molar-refractivity contribution in [1.82, 2.24) is 10.2 Å². The highest BCUT2D eigenvalue weighted by atomic mass is 16.4. The number of hydrogen-bond donors (Lipinski definition) is 1. The van der Waals surface area contributed by atoms with Crippen LogP contribution >= 0.6 is 0 Å². The molecule has 1 N–H and O–H groups in total. The molecular formula is C22H22N2O3. The Morgan fingerprint density at radius 1 is 0.963 bits per heavy atom. The van der Waals surface area contributed by atoms with Crippen LogP contribution in [0.15, 0.2) is 63.6 Å². The fourth-order valence-corrected chi connectivity index (χ4v) is 4.32. The summed E-state index contributed by atoms with van der Waals surface area (Å²) >= 11 is 0. The quantitative estimate of drug-likeness (QED) is 0.761. The molecule has 0 radical (unpaired) electrons. The topological polar surface area (TPSA) is 58.6 Å². The number of nitrogens with one attached hydrogen (secondary N) is 1. The van der Waals surface area contributed by atoms with Gasteiger partial charge in [-0.1, -0.05) is 24.3 Å². The summed E-state index contributed by atoms with van der Waals surface area (Å²) in [6.45, 7) is 3.27. The second-order valence-electron chi connectivity index (χ2n) is 7.40. The SMILES string of the molecule is O=C(NC1CN2CCC1CC2)c1ccc(-c2ccccc2-c2ccco2)o1. The minimum atomic E-state index is -0.129. The molecule has 0 saturated carbocycles. The maximum atomic E-state index is 12.7. The van der Waals surface area contributed by atoms with E-state index in [-0.39, 0.29) is 11.9 Å². The van der Waals surface area contributed by atoms with Gasteiger partial charge < -0.3 is 19.1 Å². The third-order valence-corrected chi connectivity index (χ3v) is 5.78. The maximum absolute atomic E-state index is 12.7. The summed E-state index contributed by atoms with van der Waals surface area (Å²) in [6.07, 6.45) is 4.00. The monoisotopic (exact) mass is 362 g/mol. The number of rotatable bonds is 4. The molecule has 27 heavy (non-hydrogen) atoms. The normalized spacial score (nSPS) is 24.1. The van der Waals surface area contributed by atoms with E-state index in [9.17, 15) is 4.79 Å². The number of furan rings is 2. The second-order valence-corrected chi connectivity index (χ2v) is 7.40. The van der Waals surface area contributed by atoms with Gasteiger partial charge in [-0.15, -0.1) is 0 Å². The van der Waals surface area contributed by atoms with Crippen molar-refractivity contribution in [2.24, 2.45) is 5.92 Å². The molecular weight excluding hydrogens is 340 g/mol. The zero-order valence-corrected chi connectivity index (χ0v) is 15.1. The molecule has 1 amide bonds. The van der Waals surface area contributed by atoms with E-state index in [0.717, 1.165) is 36.5 Å². The Morgan fingerprint density at radius 2 is 1.74 bits per heavy atom. The molecule has 5 nitrogen and oxygen atoms in total. The minimum Gasteiger partial charge on any atom is -0.464 e. The molecule has 1 atom stereocenters. The molecule has 6 rings (SSSR count). The van der Waals surface area contributed by atoms with Crippen LogP contribution in [0, 0.1) is 5.92 Å². The van der Waals surface area contributed by atoms with Crippen LogP contribution in [-0.2, 0) is 0 Å². The Balaban J connectivity index is 1.37. The van der Waals surface area contributed by atoms with Gasteiger partial charge in [0.1, 0.15) is 11.5 Å². The second kappa shape index (κ2) is 6.74. The van der Waals surface area contributed by atoms with Crippen LogP contribution in [0.4, 0.5) is 0 Å². The first-order valence-electron chi connectivity index (χ1n) is 9.54. The highest BCUT2D eigenvalue weighted by Crippen LogP contribution is 2.33. The van der Waals surface area contributed by atoms with Gasteiger partial charge in [-0.2, -0.15) is 0 Å². The number of benzene rings is 1. The summed E-state index contributed by atoms with van der Waals surface area (Å²) in [5.41, 5.74) is 1.86. The fraction of sp³-hybridized carbons (Fsp3) is 0.318. The summed E-state index contributed by atoms with van der Waals surface area (Å²) in [4.78, 5) is 15.1. The van der Waals surface area contributed by atoms with Crippen molar-refractivity contribution in [2.45, 2.75) is 18.9 Å². The van der Waals surface area contributed by atoms with Crippen molar-refractivity contribution < 1.29 is 13.6 Å². The van der Waals surface area contributed by atoms with Crippen molar-refractivity contribution >= 4 is 5.91 Å². The minimum absolute atomic E-state index is 0.129. The van der Waals surface area contributed by atoms with Crippen LogP contribution in [0.2, 0.25) is 0 Å². The molecule has 3 aromatic rings. The third-order valence-electron chi connectivity index (χ3n) is 5.78. The Labute approximate surface area is 158 Å². The Hall–Kier alpha value is -2.79. The lowest BCUT2D eigenvalue weighted by Crippen LogP contribution is -2.57. The lowest BCUT2D eigenvalue weighted by molar-refractivity contribution is 0.0606. The number of fused-ring (bicyclic) bond motifs is 3. The molecule has 138 valence electrons. The Morgan fingerprint density at radius 3 is 2.41 bits per heavy atom. The Kier molecular flexibility index (Phi) is 4.09. The number of carbonyl (C=O) groups excluding carboxylic acids is 1. The van der Waals surface area contributed by atoms with Crippen LogP contribution in [0.25, 0.3) is 22.6 Å². The van der Waals surface area contributed by atoms with E-state index < -0.39 is 0 Å². The number of carbonyl (C=O) groups is 1.